The van der Waals surface area contributed by atoms with E-state index in [1.807, 2.05) is 6.92 Å². The summed E-state index contributed by atoms with van der Waals surface area (Å²) in [5.41, 5.74) is 1.94. The molecule has 0 bridgehead atoms. The number of pyridine rings is 1. The molecule has 1 atom stereocenters. The molecule has 1 amide bonds. The number of amides is 1. The van der Waals surface area contributed by atoms with E-state index in [4.69, 9.17) is 0 Å². The number of nitrogens with one attached hydrogen (secondary N) is 2. The third-order valence-electron chi connectivity index (χ3n) is 4.32. The first-order chi connectivity index (χ1) is 11.3. The lowest BCUT2D eigenvalue weighted by molar-refractivity contribution is 0.0618. The molecular weight excluding hydrogens is 330 g/mol. The fourth-order valence-electron chi connectivity index (χ4n) is 3.03. The van der Waals surface area contributed by atoms with Crippen molar-refractivity contribution in [3.05, 3.63) is 23.5 Å². The highest BCUT2D eigenvalue weighted by Gasteiger charge is 2.28. The largest absolute Gasteiger partial charge is 0.334 e. The van der Waals surface area contributed by atoms with Crippen LogP contribution in [0.25, 0.3) is 11.0 Å². The lowest BCUT2D eigenvalue weighted by atomic mass is 10.0. The smallest absolute Gasteiger partial charge is 0.255 e. The number of nitrogens with zero attached hydrogens (tertiary/aromatic N) is 3. The first kappa shape index (κ1) is 16.8. The van der Waals surface area contributed by atoms with Crippen molar-refractivity contribution in [1.29, 1.82) is 0 Å². The van der Waals surface area contributed by atoms with Crippen LogP contribution in [0.5, 0.6) is 0 Å². The van der Waals surface area contributed by atoms with Crippen molar-refractivity contribution in [1.82, 2.24) is 24.8 Å². The lowest BCUT2D eigenvalue weighted by Gasteiger charge is -2.35. The van der Waals surface area contributed by atoms with Crippen LogP contribution in [0.15, 0.2) is 12.3 Å². The van der Waals surface area contributed by atoms with Crippen LogP contribution in [0, 0.1) is 6.92 Å². The summed E-state index contributed by atoms with van der Waals surface area (Å²) in [7, 11) is -3.28. The Hall–Kier alpha value is -2.00. The van der Waals surface area contributed by atoms with Crippen LogP contribution < -0.4 is 4.72 Å². The Kier molecular flexibility index (Phi) is 4.55. The fourth-order valence-corrected chi connectivity index (χ4v) is 3.53. The van der Waals surface area contributed by atoms with Crippen molar-refractivity contribution >= 4 is 27.0 Å². The van der Waals surface area contributed by atoms with Gasteiger partial charge in [-0.15, -0.1) is 0 Å². The highest BCUT2D eigenvalue weighted by Crippen LogP contribution is 2.21. The SMILES string of the molecule is Cc1[nH]nc2ncc(C(=O)N3CCCCC3CNS(C)(=O)=O)cc12. The van der Waals surface area contributed by atoms with Crippen LogP contribution in [-0.2, 0) is 10.0 Å². The summed E-state index contributed by atoms with van der Waals surface area (Å²) in [5.74, 6) is -0.120. The molecule has 3 rings (SSSR count). The topological polar surface area (TPSA) is 108 Å². The normalized spacial score (nSPS) is 18.9. The molecule has 2 N–H and O–H groups in total. The average molecular weight is 351 g/mol. The van der Waals surface area contributed by atoms with E-state index in [0.29, 0.717) is 17.8 Å². The molecule has 3 heterocycles. The summed E-state index contributed by atoms with van der Waals surface area (Å²) >= 11 is 0. The van der Waals surface area contributed by atoms with Gasteiger partial charge in [-0.2, -0.15) is 5.10 Å². The van der Waals surface area contributed by atoms with Gasteiger partial charge in [0.2, 0.25) is 10.0 Å². The van der Waals surface area contributed by atoms with E-state index in [1.54, 1.807) is 11.0 Å². The maximum Gasteiger partial charge on any atom is 0.255 e. The van der Waals surface area contributed by atoms with Gasteiger partial charge in [0.15, 0.2) is 5.65 Å². The molecule has 1 fully saturated rings. The second kappa shape index (κ2) is 6.48. The van der Waals surface area contributed by atoms with Crippen LogP contribution in [0.2, 0.25) is 0 Å². The number of hydrogen-bond acceptors (Lipinski definition) is 5. The van der Waals surface area contributed by atoms with E-state index in [0.717, 1.165) is 36.6 Å². The number of fused-ring (bicyclic) bond motifs is 1. The quantitative estimate of drug-likeness (QED) is 0.847. The van der Waals surface area contributed by atoms with Gasteiger partial charge in [-0.3, -0.25) is 9.89 Å². The van der Waals surface area contributed by atoms with E-state index in [-0.39, 0.29) is 18.5 Å². The maximum absolute atomic E-state index is 12.9. The molecule has 0 aromatic carbocycles. The summed E-state index contributed by atoms with van der Waals surface area (Å²) in [4.78, 5) is 18.9. The van der Waals surface area contributed by atoms with E-state index in [2.05, 4.69) is 19.9 Å². The van der Waals surface area contributed by atoms with Gasteiger partial charge in [0.05, 0.1) is 11.8 Å². The molecule has 0 saturated carbocycles. The molecule has 0 radical (unpaired) electrons. The van der Waals surface area contributed by atoms with Crippen LogP contribution in [0.1, 0.15) is 35.3 Å². The Morgan fingerprint density at radius 1 is 1.46 bits per heavy atom. The molecule has 9 heteroatoms. The highest BCUT2D eigenvalue weighted by molar-refractivity contribution is 7.88. The lowest BCUT2D eigenvalue weighted by Crippen LogP contribution is -2.49. The van der Waals surface area contributed by atoms with Crippen molar-refractivity contribution in [2.45, 2.75) is 32.2 Å². The van der Waals surface area contributed by atoms with Crippen LogP contribution in [0.3, 0.4) is 0 Å². The third kappa shape index (κ3) is 3.57. The summed E-state index contributed by atoms with van der Waals surface area (Å²) in [6, 6.07) is 1.65. The molecule has 2 aromatic heterocycles. The number of sulfonamides is 1. The number of piperidine rings is 1. The minimum atomic E-state index is -3.28. The second-order valence-electron chi connectivity index (χ2n) is 6.21. The number of aryl methyl sites for hydroxylation is 1. The number of H-pyrrole nitrogens is 1. The third-order valence-corrected chi connectivity index (χ3v) is 5.01. The van der Waals surface area contributed by atoms with Crippen molar-refractivity contribution in [3.8, 4) is 0 Å². The van der Waals surface area contributed by atoms with Gasteiger partial charge in [0.1, 0.15) is 0 Å². The zero-order chi connectivity index (χ0) is 17.3. The van der Waals surface area contributed by atoms with Crippen molar-refractivity contribution in [2.24, 2.45) is 0 Å². The Labute approximate surface area is 140 Å². The zero-order valence-electron chi connectivity index (χ0n) is 13.7. The molecule has 1 saturated heterocycles. The van der Waals surface area contributed by atoms with Crippen molar-refractivity contribution in [3.63, 3.8) is 0 Å². The van der Waals surface area contributed by atoms with Gasteiger partial charge in [0.25, 0.3) is 5.91 Å². The second-order valence-corrected chi connectivity index (χ2v) is 8.05. The molecule has 8 nitrogen and oxygen atoms in total. The number of carbonyl (C=O) groups excluding carboxylic acids is 1. The molecule has 0 spiro atoms. The summed E-state index contributed by atoms with van der Waals surface area (Å²) < 4.78 is 25.2. The van der Waals surface area contributed by atoms with Gasteiger partial charge in [0, 0.05) is 36.4 Å². The van der Waals surface area contributed by atoms with Gasteiger partial charge in [-0.1, -0.05) is 0 Å². The van der Waals surface area contributed by atoms with E-state index >= 15 is 0 Å². The van der Waals surface area contributed by atoms with Crippen molar-refractivity contribution < 1.29 is 13.2 Å². The molecule has 1 aliphatic rings. The number of aromatic amines is 1. The fraction of sp³-hybridized carbons (Fsp3) is 0.533. The summed E-state index contributed by atoms with van der Waals surface area (Å²) in [6.45, 7) is 2.74. The van der Waals surface area contributed by atoms with Crippen LogP contribution in [-0.4, -0.2) is 59.8 Å². The van der Waals surface area contributed by atoms with Gasteiger partial charge >= 0.3 is 0 Å². The van der Waals surface area contributed by atoms with Crippen molar-refractivity contribution in [2.75, 3.05) is 19.3 Å². The predicted octanol–water partition coefficient (Wildman–Crippen LogP) is 0.810. The molecule has 0 aliphatic carbocycles. The first-order valence-corrected chi connectivity index (χ1v) is 9.80. The Morgan fingerprint density at radius 3 is 3.00 bits per heavy atom. The zero-order valence-corrected chi connectivity index (χ0v) is 14.6. The Balaban J connectivity index is 1.83. The van der Waals surface area contributed by atoms with E-state index in [1.165, 1.54) is 6.20 Å². The first-order valence-electron chi connectivity index (χ1n) is 7.91. The average Bonchev–Trinajstić information content (AvgIpc) is 2.92. The summed E-state index contributed by atoms with van der Waals surface area (Å²) in [5, 5.41) is 7.74. The number of hydrogen-bond donors (Lipinski definition) is 2. The molecule has 1 aliphatic heterocycles. The number of aromatic nitrogens is 3. The molecule has 130 valence electrons. The van der Waals surface area contributed by atoms with Crippen LogP contribution in [0.4, 0.5) is 0 Å². The van der Waals surface area contributed by atoms with Crippen LogP contribution >= 0.6 is 0 Å². The monoisotopic (exact) mass is 351 g/mol. The van der Waals surface area contributed by atoms with Gasteiger partial charge in [-0.25, -0.2) is 18.1 Å². The predicted molar refractivity (Wildman–Crippen MR) is 90.1 cm³/mol. The standard InChI is InChI=1S/C15H21N5O3S/c1-10-13-7-11(8-16-14(13)19-18-10)15(21)20-6-4-3-5-12(20)9-17-24(2,22)23/h7-8,12,17H,3-6,9H2,1-2H3,(H,16,18,19). The number of carbonyl (C=O) groups is 1. The number of rotatable bonds is 4. The summed E-state index contributed by atoms with van der Waals surface area (Å²) in [6.07, 6.45) is 5.34. The molecule has 1 unspecified atom stereocenters. The van der Waals surface area contributed by atoms with Gasteiger partial charge < -0.3 is 4.90 Å². The maximum atomic E-state index is 12.9. The minimum absolute atomic E-state index is 0.120. The Morgan fingerprint density at radius 2 is 2.25 bits per heavy atom. The molecule has 24 heavy (non-hydrogen) atoms. The number of likely N-dealkylation sites (tertiary alicyclic amines) is 1. The minimum Gasteiger partial charge on any atom is -0.334 e. The molecule has 2 aromatic rings. The van der Waals surface area contributed by atoms with E-state index < -0.39 is 10.0 Å². The molecular formula is C15H21N5O3S. The van der Waals surface area contributed by atoms with Gasteiger partial charge in [-0.05, 0) is 32.3 Å². The Bertz CT molecular complexity index is 861. The highest BCUT2D eigenvalue weighted by atomic mass is 32.2. The van der Waals surface area contributed by atoms with E-state index in [9.17, 15) is 13.2 Å².